The summed E-state index contributed by atoms with van der Waals surface area (Å²) in [6.45, 7) is 9.05. The highest BCUT2D eigenvalue weighted by atomic mass is 16.2. The van der Waals surface area contributed by atoms with Crippen molar-refractivity contribution in [2.75, 3.05) is 6.54 Å². The molecule has 0 saturated heterocycles. The van der Waals surface area contributed by atoms with Crippen molar-refractivity contribution in [2.45, 2.75) is 59.4 Å². The van der Waals surface area contributed by atoms with Gasteiger partial charge in [-0.1, -0.05) is 57.5 Å². The minimum absolute atomic E-state index is 0.108. The van der Waals surface area contributed by atoms with Crippen molar-refractivity contribution >= 4 is 16.8 Å². The van der Waals surface area contributed by atoms with Gasteiger partial charge in [-0.05, 0) is 49.9 Å². The molecular formula is C26H33N3O2. The van der Waals surface area contributed by atoms with Crippen molar-refractivity contribution in [1.29, 1.82) is 0 Å². The standard InChI is InChI=1S/C26H33N3O2/c1-5-6-16-24(30)28(18-17-19(2)3)20(4)25-27-23-15-11-10-14-22(23)26(31)29(25)21-12-8-7-9-13-21/h7-15,19-20H,5-6,16-18H2,1-4H3. The molecule has 31 heavy (non-hydrogen) atoms. The number of unbranched alkanes of at least 4 members (excludes halogenated alkanes) is 1. The number of fused-ring (bicyclic) bond motifs is 1. The summed E-state index contributed by atoms with van der Waals surface area (Å²) in [6, 6.07) is 16.7. The summed E-state index contributed by atoms with van der Waals surface area (Å²) in [7, 11) is 0. The van der Waals surface area contributed by atoms with Crippen LogP contribution in [-0.2, 0) is 4.79 Å². The molecule has 0 N–H and O–H groups in total. The minimum Gasteiger partial charge on any atom is -0.333 e. The highest BCUT2D eigenvalue weighted by Crippen LogP contribution is 2.24. The van der Waals surface area contributed by atoms with E-state index < -0.39 is 0 Å². The normalized spacial score (nSPS) is 12.3. The Morgan fingerprint density at radius 2 is 1.71 bits per heavy atom. The lowest BCUT2D eigenvalue weighted by atomic mass is 10.1. The van der Waals surface area contributed by atoms with Crippen LogP contribution < -0.4 is 5.56 Å². The molecule has 1 unspecified atom stereocenters. The van der Waals surface area contributed by atoms with Crippen LogP contribution in [0.15, 0.2) is 59.4 Å². The Morgan fingerprint density at radius 1 is 1.03 bits per heavy atom. The van der Waals surface area contributed by atoms with Crippen molar-refractivity contribution in [2.24, 2.45) is 5.92 Å². The zero-order valence-corrected chi connectivity index (χ0v) is 19.0. The van der Waals surface area contributed by atoms with E-state index in [0.29, 0.717) is 35.6 Å². The number of hydrogen-bond acceptors (Lipinski definition) is 3. The molecule has 3 aromatic rings. The molecule has 164 valence electrons. The van der Waals surface area contributed by atoms with E-state index in [1.165, 1.54) is 0 Å². The van der Waals surface area contributed by atoms with E-state index in [0.717, 1.165) is 24.9 Å². The topological polar surface area (TPSA) is 55.2 Å². The number of rotatable bonds is 9. The zero-order valence-electron chi connectivity index (χ0n) is 19.0. The number of nitrogens with zero attached hydrogens (tertiary/aromatic N) is 3. The molecule has 5 heteroatoms. The fourth-order valence-corrected chi connectivity index (χ4v) is 3.80. The lowest BCUT2D eigenvalue weighted by Crippen LogP contribution is -2.38. The molecule has 0 spiro atoms. The molecule has 0 aliphatic carbocycles. The van der Waals surface area contributed by atoms with Crippen molar-refractivity contribution in [3.63, 3.8) is 0 Å². The van der Waals surface area contributed by atoms with Crippen LogP contribution in [-0.4, -0.2) is 26.9 Å². The van der Waals surface area contributed by atoms with Gasteiger partial charge in [-0.15, -0.1) is 0 Å². The van der Waals surface area contributed by atoms with Gasteiger partial charge in [-0.2, -0.15) is 0 Å². The Bertz CT molecular complexity index is 1070. The highest BCUT2D eigenvalue weighted by Gasteiger charge is 2.26. The summed E-state index contributed by atoms with van der Waals surface area (Å²) in [5.74, 6) is 1.20. The molecule has 0 radical (unpaired) electrons. The third-order valence-electron chi connectivity index (χ3n) is 5.67. The molecule has 0 fully saturated rings. The summed E-state index contributed by atoms with van der Waals surface area (Å²) >= 11 is 0. The minimum atomic E-state index is -0.319. The average molecular weight is 420 g/mol. The van der Waals surface area contributed by atoms with Crippen molar-refractivity contribution in [3.8, 4) is 5.69 Å². The van der Waals surface area contributed by atoms with E-state index in [1.807, 2.05) is 66.4 Å². The van der Waals surface area contributed by atoms with Gasteiger partial charge in [0.1, 0.15) is 5.82 Å². The first-order valence-electron chi connectivity index (χ1n) is 11.3. The van der Waals surface area contributed by atoms with E-state index in [2.05, 4.69) is 20.8 Å². The molecule has 0 aliphatic heterocycles. The molecule has 2 aromatic carbocycles. The molecule has 1 amide bonds. The maximum Gasteiger partial charge on any atom is 0.266 e. The molecule has 5 nitrogen and oxygen atoms in total. The Kier molecular flexibility index (Phi) is 7.61. The van der Waals surface area contributed by atoms with Gasteiger partial charge < -0.3 is 4.90 Å². The van der Waals surface area contributed by atoms with Crippen LogP contribution in [0.25, 0.3) is 16.6 Å². The first-order valence-corrected chi connectivity index (χ1v) is 11.3. The van der Waals surface area contributed by atoms with Crippen LogP contribution in [0.5, 0.6) is 0 Å². The number of benzene rings is 2. The van der Waals surface area contributed by atoms with Crippen molar-refractivity contribution in [3.05, 3.63) is 70.8 Å². The van der Waals surface area contributed by atoms with Crippen LogP contribution in [0, 0.1) is 5.92 Å². The van der Waals surface area contributed by atoms with Gasteiger partial charge in [0.25, 0.3) is 5.56 Å². The Labute approximate surface area is 184 Å². The number of carbonyl (C=O) groups is 1. The van der Waals surface area contributed by atoms with Crippen molar-refractivity contribution in [1.82, 2.24) is 14.5 Å². The SMILES string of the molecule is CCCCC(=O)N(CCC(C)C)C(C)c1nc2ccccc2c(=O)n1-c1ccccc1. The summed E-state index contributed by atoms with van der Waals surface area (Å²) in [4.78, 5) is 33.4. The zero-order chi connectivity index (χ0) is 22.4. The Hall–Kier alpha value is -2.95. The van der Waals surface area contributed by atoms with Gasteiger partial charge in [0, 0.05) is 13.0 Å². The van der Waals surface area contributed by atoms with E-state index >= 15 is 0 Å². The van der Waals surface area contributed by atoms with Crippen LogP contribution in [0.1, 0.15) is 65.2 Å². The summed E-state index contributed by atoms with van der Waals surface area (Å²) < 4.78 is 1.67. The molecule has 1 atom stereocenters. The van der Waals surface area contributed by atoms with Gasteiger partial charge in [0.2, 0.25) is 5.91 Å². The Morgan fingerprint density at radius 3 is 2.39 bits per heavy atom. The van der Waals surface area contributed by atoms with E-state index in [1.54, 1.807) is 4.57 Å². The van der Waals surface area contributed by atoms with Gasteiger partial charge in [-0.25, -0.2) is 4.98 Å². The molecular weight excluding hydrogens is 386 g/mol. The average Bonchev–Trinajstić information content (AvgIpc) is 2.78. The predicted octanol–water partition coefficient (Wildman–Crippen LogP) is 5.51. The van der Waals surface area contributed by atoms with E-state index in [-0.39, 0.29) is 17.5 Å². The first-order chi connectivity index (χ1) is 14.9. The van der Waals surface area contributed by atoms with E-state index in [9.17, 15) is 9.59 Å². The summed E-state index contributed by atoms with van der Waals surface area (Å²) in [6.07, 6.45) is 3.26. The monoisotopic (exact) mass is 419 g/mol. The lowest BCUT2D eigenvalue weighted by Gasteiger charge is -2.31. The number of aromatic nitrogens is 2. The maximum absolute atomic E-state index is 13.5. The molecule has 1 aromatic heterocycles. The molecule has 0 bridgehead atoms. The van der Waals surface area contributed by atoms with Gasteiger partial charge in [0.15, 0.2) is 0 Å². The second kappa shape index (κ2) is 10.4. The predicted molar refractivity (Wildman–Crippen MR) is 126 cm³/mol. The van der Waals surface area contributed by atoms with Gasteiger partial charge in [0.05, 0.1) is 22.6 Å². The fraction of sp³-hybridized carbons (Fsp3) is 0.423. The maximum atomic E-state index is 13.5. The van der Waals surface area contributed by atoms with Crippen LogP contribution in [0.3, 0.4) is 0 Å². The third-order valence-corrected chi connectivity index (χ3v) is 5.67. The number of amides is 1. The summed E-state index contributed by atoms with van der Waals surface area (Å²) in [5, 5.41) is 0.577. The van der Waals surface area contributed by atoms with Crippen molar-refractivity contribution < 1.29 is 4.79 Å². The van der Waals surface area contributed by atoms with Crippen LogP contribution >= 0.6 is 0 Å². The molecule has 0 saturated carbocycles. The number of hydrogen-bond donors (Lipinski definition) is 0. The second-order valence-electron chi connectivity index (χ2n) is 8.51. The largest absolute Gasteiger partial charge is 0.333 e. The fourth-order valence-electron chi connectivity index (χ4n) is 3.80. The number of carbonyl (C=O) groups excluding carboxylic acids is 1. The van der Waals surface area contributed by atoms with Gasteiger partial charge >= 0.3 is 0 Å². The highest BCUT2D eigenvalue weighted by molar-refractivity contribution is 5.79. The quantitative estimate of drug-likeness (QED) is 0.459. The van der Waals surface area contributed by atoms with E-state index in [4.69, 9.17) is 4.98 Å². The number of para-hydroxylation sites is 2. The summed E-state index contributed by atoms with van der Waals surface area (Å²) in [5.41, 5.74) is 1.31. The van der Waals surface area contributed by atoms with Gasteiger partial charge in [-0.3, -0.25) is 14.2 Å². The molecule has 1 heterocycles. The van der Waals surface area contributed by atoms with Crippen LogP contribution in [0.2, 0.25) is 0 Å². The van der Waals surface area contributed by atoms with Crippen LogP contribution in [0.4, 0.5) is 0 Å². The second-order valence-corrected chi connectivity index (χ2v) is 8.51. The first kappa shape index (κ1) is 22.7. The molecule has 3 rings (SSSR count). The lowest BCUT2D eigenvalue weighted by molar-refractivity contribution is -0.133. The smallest absolute Gasteiger partial charge is 0.266 e. The third kappa shape index (κ3) is 5.22. The molecule has 0 aliphatic rings. The Balaban J connectivity index is 2.15.